The van der Waals surface area contributed by atoms with Gasteiger partial charge in [-0.25, -0.2) is 23.6 Å². The van der Waals surface area contributed by atoms with E-state index in [9.17, 15) is 19.2 Å². The van der Waals surface area contributed by atoms with E-state index >= 15 is 4.39 Å². The lowest BCUT2D eigenvalue weighted by atomic mass is 9.99. The second kappa shape index (κ2) is 14.2. The van der Waals surface area contributed by atoms with Crippen LogP contribution in [-0.4, -0.2) is 61.3 Å². The summed E-state index contributed by atoms with van der Waals surface area (Å²) in [6.07, 6.45) is -9.06. The summed E-state index contributed by atoms with van der Waals surface area (Å²) < 4.78 is 44.1. The van der Waals surface area contributed by atoms with Gasteiger partial charge in [-0.05, 0) is 48.5 Å². The molecule has 0 aliphatic carbocycles. The molecular weight excluding hydrogens is 571 g/mol. The number of halogens is 1. The van der Waals surface area contributed by atoms with E-state index in [2.05, 4.69) is 0 Å². The molecule has 9 nitrogen and oxygen atoms in total. The molecule has 224 valence electrons. The molecule has 4 aromatic carbocycles. The van der Waals surface area contributed by atoms with Crippen LogP contribution in [0, 0.1) is 0 Å². The number of hydrogen-bond acceptors (Lipinski definition) is 9. The van der Waals surface area contributed by atoms with Crippen molar-refractivity contribution in [3.05, 3.63) is 144 Å². The summed E-state index contributed by atoms with van der Waals surface area (Å²) in [5.74, 6) is -3.44. The smallest absolute Gasteiger partial charge is 0.340 e. The molecule has 1 fully saturated rings. The van der Waals surface area contributed by atoms with E-state index in [4.69, 9.17) is 23.7 Å². The number of benzene rings is 4. The third kappa shape index (κ3) is 7.34. The first-order valence-electron chi connectivity index (χ1n) is 13.7. The summed E-state index contributed by atoms with van der Waals surface area (Å²) in [4.78, 5) is 51.9. The number of esters is 4. The van der Waals surface area contributed by atoms with Crippen molar-refractivity contribution in [2.24, 2.45) is 0 Å². The van der Waals surface area contributed by atoms with Crippen LogP contribution in [0.15, 0.2) is 121 Å². The molecule has 0 N–H and O–H groups in total. The summed E-state index contributed by atoms with van der Waals surface area (Å²) in [7, 11) is 0. The molecule has 1 aliphatic rings. The summed E-state index contributed by atoms with van der Waals surface area (Å²) in [5.41, 5.74) is 0.576. The number of ether oxygens (including phenoxy) is 5. The minimum absolute atomic E-state index is 0.101. The average molecular weight is 599 g/mol. The molecule has 10 heteroatoms. The fourth-order valence-electron chi connectivity index (χ4n) is 4.47. The van der Waals surface area contributed by atoms with Crippen molar-refractivity contribution in [1.29, 1.82) is 0 Å². The molecular formula is C34H27FO9. The lowest BCUT2D eigenvalue weighted by molar-refractivity contribution is -0.268. The molecule has 0 radical (unpaired) electrons. The Kier molecular flexibility index (Phi) is 9.73. The molecule has 0 aromatic heterocycles. The lowest BCUT2D eigenvalue weighted by Crippen LogP contribution is -2.61. The van der Waals surface area contributed by atoms with Gasteiger partial charge in [0.2, 0.25) is 12.5 Å². The first kappa shape index (κ1) is 30.1. The fraction of sp³-hybridized carbons (Fsp3) is 0.176. The largest absolute Gasteiger partial charge is 0.459 e. The molecule has 1 saturated heterocycles. The molecule has 44 heavy (non-hydrogen) atoms. The summed E-state index contributed by atoms with van der Waals surface area (Å²) in [6, 6.07) is 31.6. The van der Waals surface area contributed by atoms with Crippen molar-refractivity contribution in [3.8, 4) is 0 Å². The van der Waals surface area contributed by atoms with Crippen LogP contribution in [0.25, 0.3) is 0 Å². The van der Waals surface area contributed by atoms with Crippen molar-refractivity contribution in [2.45, 2.75) is 30.8 Å². The van der Waals surface area contributed by atoms with E-state index in [0.29, 0.717) is 0 Å². The van der Waals surface area contributed by atoms with Gasteiger partial charge in [0.25, 0.3) is 0 Å². The van der Waals surface area contributed by atoms with Crippen LogP contribution in [0.4, 0.5) is 4.39 Å². The van der Waals surface area contributed by atoms with Gasteiger partial charge in [-0.3, -0.25) is 0 Å². The van der Waals surface area contributed by atoms with E-state index < -0.39 is 61.3 Å². The Labute approximate surface area is 252 Å². The van der Waals surface area contributed by atoms with Crippen molar-refractivity contribution in [2.75, 3.05) is 6.61 Å². The molecule has 4 aromatic rings. The number of hydrogen-bond donors (Lipinski definition) is 0. The summed E-state index contributed by atoms with van der Waals surface area (Å²) >= 11 is 0. The van der Waals surface area contributed by atoms with Crippen LogP contribution in [0.3, 0.4) is 0 Å². The van der Waals surface area contributed by atoms with E-state index in [-0.39, 0.29) is 22.3 Å². The van der Waals surface area contributed by atoms with Crippen LogP contribution >= 0.6 is 0 Å². The fourth-order valence-corrected chi connectivity index (χ4v) is 4.47. The first-order chi connectivity index (χ1) is 21.4. The molecule has 0 unspecified atom stereocenters. The molecule has 0 spiro atoms. The van der Waals surface area contributed by atoms with Gasteiger partial charge in [0.1, 0.15) is 12.7 Å². The minimum atomic E-state index is -2.30. The van der Waals surface area contributed by atoms with Gasteiger partial charge in [0.05, 0.1) is 22.3 Å². The van der Waals surface area contributed by atoms with Crippen molar-refractivity contribution < 1.29 is 47.3 Å². The Hall–Kier alpha value is -5.35. The SMILES string of the molecule is O=C(OC[C@H]1O[C@@H](OC(=O)c2ccccc2)[C@H](F)[C@@H](OC(=O)c2ccccc2)[C@@H]1OC(=O)c1ccccc1)c1ccccc1. The zero-order chi connectivity index (χ0) is 30.9. The number of carbonyl (C=O) groups is 4. The van der Waals surface area contributed by atoms with Crippen molar-refractivity contribution in [3.63, 3.8) is 0 Å². The molecule has 1 heterocycles. The highest BCUT2D eigenvalue weighted by Crippen LogP contribution is 2.31. The predicted molar refractivity (Wildman–Crippen MR) is 153 cm³/mol. The highest BCUT2D eigenvalue weighted by atomic mass is 19.1. The van der Waals surface area contributed by atoms with Gasteiger partial charge < -0.3 is 23.7 Å². The van der Waals surface area contributed by atoms with Gasteiger partial charge in [-0.2, -0.15) is 0 Å². The van der Waals surface area contributed by atoms with Crippen LogP contribution in [0.2, 0.25) is 0 Å². The number of alkyl halides is 1. The van der Waals surface area contributed by atoms with Crippen LogP contribution in [0.1, 0.15) is 41.4 Å². The Morgan fingerprint density at radius 2 is 0.886 bits per heavy atom. The van der Waals surface area contributed by atoms with E-state index in [1.165, 1.54) is 48.5 Å². The van der Waals surface area contributed by atoms with Gasteiger partial charge in [0.15, 0.2) is 12.2 Å². The first-order valence-corrected chi connectivity index (χ1v) is 13.7. The van der Waals surface area contributed by atoms with Crippen LogP contribution in [0.5, 0.6) is 0 Å². The molecule has 0 saturated carbocycles. The molecule has 5 atom stereocenters. The zero-order valence-electron chi connectivity index (χ0n) is 23.2. The van der Waals surface area contributed by atoms with E-state index in [0.717, 1.165) is 0 Å². The maximum Gasteiger partial charge on any atom is 0.340 e. The van der Waals surface area contributed by atoms with Crippen LogP contribution < -0.4 is 0 Å². The third-order valence-corrected chi connectivity index (χ3v) is 6.70. The normalized spacial score (nSPS) is 21.0. The van der Waals surface area contributed by atoms with Crippen molar-refractivity contribution in [1.82, 2.24) is 0 Å². The predicted octanol–water partition coefficient (Wildman–Crippen LogP) is 5.21. The highest BCUT2D eigenvalue weighted by Gasteiger charge is 2.53. The third-order valence-electron chi connectivity index (χ3n) is 6.70. The summed E-state index contributed by atoms with van der Waals surface area (Å²) in [6.45, 7) is -0.564. The molecule has 0 bridgehead atoms. The zero-order valence-corrected chi connectivity index (χ0v) is 23.2. The average Bonchev–Trinajstić information content (AvgIpc) is 3.08. The van der Waals surface area contributed by atoms with Gasteiger partial charge in [-0.15, -0.1) is 0 Å². The quantitative estimate of drug-likeness (QED) is 0.189. The number of rotatable bonds is 9. The Balaban J connectivity index is 1.46. The van der Waals surface area contributed by atoms with E-state index in [1.54, 1.807) is 72.8 Å². The highest BCUT2D eigenvalue weighted by molar-refractivity contribution is 5.91. The van der Waals surface area contributed by atoms with Gasteiger partial charge in [-0.1, -0.05) is 72.8 Å². The minimum Gasteiger partial charge on any atom is -0.459 e. The lowest BCUT2D eigenvalue weighted by Gasteiger charge is -2.41. The second-order valence-corrected chi connectivity index (χ2v) is 9.70. The standard InChI is InChI=1S/C34H27FO9/c35-27-29(43-32(38)24-17-9-3-10-18-24)28(42-31(37)23-15-7-2-8-16-23)26(21-40-30(36)22-13-5-1-6-14-22)41-34(27)44-33(39)25-19-11-4-12-20-25/h1-20,26-29,34H,21H2/t26-,27-,28-,29-,34+/m1/s1. The van der Waals surface area contributed by atoms with Crippen molar-refractivity contribution >= 4 is 23.9 Å². The maximum atomic E-state index is 16.2. The monoisotopic (exact) mass is 598 g/mol. The molecule has 0 amide bonds. The maximum absolute atomic E-state index is 16.2. The Morgan fingerprint density at radius 3 is 1.32 bits per heavy atom. The molecule has 5 rings (SSSR count). The Bertz CT molecular complexity index is 1510. The summed E-state index contributed by atoms with van der Waals surface area (Å²) in [5, 5.41) is 0. The van der Waals surface area contributed by atoms with E-state index in [1.807, 2.05) is 0 Å². The van der Waals surface area contributed by atoms with Gasteiger partial charge >= 0.3 is 23.9 Å². The van der Waals surface area contributed by atoms with Crippen LogP contribution in [-0.2, 0) is 23.7 Å². The molecule has 1 aliphatic heterocycles. The Morgan fingerprint density at radius 1 is 0.523 bits per heavy atom. The topological polar surface area (TPSA) is 114 Å². The second-order valence-electron chi connectivity index (χ2n) is 9.70. The number of carbonyl (C=O) groups excluding carboxylic acids is 4. The van der Waals surface area contributed by atoms with Gasteiger partial charge in [0, 0.05) is 0 Å².